The number of aromatic hydroxyl groups is 1. The first-order valence-electron chi connectivity index (χ1n) is 6.49. The van der Waals surface area contributed by atoms with E-state index in [9.17, 15) is 9.90 Å². The van der Waals surface area contributed by atoms with Gasteiger partial charge in [-0.05, 0) is 31.0 Å². The minimum absolute atomic E-state index is 0.00335. The number of benzene rings is 1. The number of rotatable bonds is 5. The summed E-state index contributed by atoms with van der Waals surface area (Å²) in [6, 6.07) is 5.15. The van der Waals surface area contributed by atoms with Gasteiger partial charge in [0.25, 0.3) is 0 Å². The van der Waals surface area contributed by atoms with Gasteiger partial charge in [-0.15, -0.1) is 0 Å². The van der Waals surface area contributed by atoms with Crippen molar-refractivity contribution in [2.75, 3.05) is 6.54 Å². The van der Waals surface area contributed by atoms with Crippen LogP contribution in [0.25, 0.3) is 0 Å². The van der Waals surface area contributed by atoms with Crippen molar-refractivity contribution in [2.45, 2.75) is 38.3 Å². The Labute approximate surface area is 117 Å². The third kappa shape index (κ3) is 3.85. The van der Waals surface area contributed by atoms with Crippen molar-refractivity contribution in [1.29, 1.82) is 0 Å². The van der Waals surface area contributed by atoms with Gasteiger partial charge in [-0.25, -0.2) is 0 Å². The van der Waals surface area contributed by atoms with Crippen LogP contribution >= 0.6 is 11.6 Å². The van der Waals surface area contributed by atoms with Crippen LogP contribution in [-0.2, 0) is 11.3 Å². The number of hydrogen-bond donors (Lipinski definition) is 2. The van der Waals surface area contributed by atoms with Gasteiger partial charge in [-0.2, -0.15) is 0 Å². The molecule has 4 nitrogen and oxygen atoms in total. The monoisotopic (exact) mass is 283 g/mol. The second-order valence-corrected chi connectivity index (χ2v) is 5.45. The molecule has 0 aromatic heterocycles. The predicted octanol–water partition coefficient (Wildman–Crippen LogP) is 2.87. The van der Waals surface area contributed by atoms with Crippen molar-refractivity contribution < 1.29 is 15.0 Å². The molecule has 1 fully saturated rings. The third-order valence-corrected chi connectivity index (χ3v) is 3.83. The molecule has 0 saturated heterocycles. The zero-order chi connectivity index (χ0) is 13.8. The molecule has 0 heterocycles. The second-order valence-electron chi connectivity index (χ2n) is 5.01. The summed E-state index contributed by atoms with van der Waals surface area (Å²) in [4.78, 5) is 12.9. The molecule has 2 rings (SSSR count). The van der Waals surface area contributed by atoms with E-state index in [2.05, 4.69) is 0 Å². The first kappa shape index (κ1) is 14.2. The van der Waals surface area contributed by atoms with E-state index in [1.54, 1.807) is 18.2 Å². The molecule has 2 N–H and O–H groups in total. The highest BCUT2D eigenvalue weighted by Gasteiger charge is 2.25. The van der Waals surface area contributed by atoms with Gasteiger partial charge in [0.15, 0.2) is 0 Å². The van der Waals surface area contributed by atoms with E-state index in [-0.39, 0.29) is 18.3 Å². The van der Waals surface area contributed by atoms with Crippen molar-refractivity contribution in [2.24, 2.45) is 0 Å². The normalized spacial score (nSPS) is 16.1. The van der Waals surface area contributed by atoms with Crippen molar-refractivity contribution in [3.05, 3.63) is 28.8 Å². The van der Waals surface area contributed by atoms with Crippen LogP contribution in [0.3, 0.4) is 0 Å². The smallest absolute Gasteiger partial charge is 0.317 e. The van der Waals surface area contributed by atoms with Gasteiger partial charge in [0.1, 0.15) is 5.75 Å². The number of phenols is 1. The molecule has 0 spiro atoms. The molecule has 1 aromatic carbocycles. The molecule has 104 valence electrons. The maximum absolute atomic E-state index is 11.0. The van der Waals surface area contributed by atoms with E-state index in [0.717, 1.165) is 25.7 Å². The fraction of sp³-hybridized carbons (Fsp3) is 0.500. The number of nitrogens with zero attached hydrogens (tertiary/aromatic N) is 1. The molecule has 1 saturated carbocycles. The lowest BCUT2D eigenvalue weighted by molar-refractivity contribution is -0.139. The molecule has 1 aromatic rings. The van der Waals surface area contributed by atoms with Gasteiger partial charge < -0.3 is 10.2 Å². The van der Waals surface area contributed by atoms with Gasteiger partial charge in [0, 0.05) is 23.2 Å². The average Bonchev–Trinajstić information content (AvgIpc) is 2.86. The quantitative estimate of drug-likeness (QED) is 0.872. The van der Waals surface area contributed by atoms with Gasteiger partial charge in [-0.1, -0.05) is 24.4 Å². The zero-order valence-corrected chi connectivity index (χ0v) is 11.4. The molecule has 0 atom stereocenters. The topological polar surface area (TPSA) is 60.8 Å². The molecule has 0 radical (unpaired) electrons. The fourth-order valence-corrected chi connectivity index (χ4v) is 2.85. The summed E-state index contributed by atoms with van der Waals surface area (Å²) in [6.45, 7) is 0.417. The SMILES string of the molecule is O=C(O)CN(Cc1cc(Cl)ccc1O)C1CCCC1. The predicted molar refractivity (Wildman–Crippen MR) is 73.4 cm³/mol. The van der Waals surface area contributed by atoms with E-state index in [1.165, 1.54) is 0 Å². The molecule has 0 amide bonds. The fourth-order valence-electron chi connectivity index (χ4n) is 2.66. The summed E-state index contributed by atoms with van der Waals surface area (Å²) in [7, 11) is 0. The molecule has 0 aliphatic heterocycles. The van der Waals surface area contributed by atoms with Crippen LogP contribution in [0.15, 0.2) is 18.2 Å². The van der Waals surface area contributed by atoms with Crippen LogP contribution in [0.5, 0.6) is 5.75 Å². The first-order valence-corrected chi connectivity index (χ1v) is 6.87. The van der Waals surface area contributed by atoms with Crippen LogP contribution in [0, 0.1) is 0 Å². The Hall–Kier alpha value is -1.26. The number of hydrogen-bond acceptors (Lipinski definition) is 3. The minimum Gasteiger partial charge on any atom is -0.508 e. The number of carboxylic acid groups (broad SMARTS) is 1. The van der Waals surface area contributed by atoms with Crippen LogP contribution in [0.1, 0.15) is 31.2 Å². The largest absolute Gasteiger partial charge is 0.508 e. The van der Waals surface area contributed by atoms with Crippen molar-refractivity contribution in [3.8, 4) is 5.75 Å². The highest BCUT2D eigenvalue weighted by atomic mass is 35.5. The summed E-state index contributed by atoms with van der Waals surface area (Å²) < 4.78 is 0. The van der Waals surface area contributed by atoms with E-state index in [0.29, 0.717) is 17.1 Å². The van der Waals surface area contributed by atoms with Crippen molar-refractivity contribution in [3.63, 3.8) is 0 Å². The number of carbonyl (C=O) groups is 1. The maximum Gasteiger partial charge on any atom is 0.317 e. The summed E-state index contributed by atoms with van der Waals surface area (Å²) in [5.74, 6) is -0.675. The lowest BCUT2D eigenvalue weighted by Crippen LogP contribution is -2.37. The number of halogens is 1. The minimum atomic E-state index is -0.839. The van der Waals surface area contributed by atoms with Crippen molar-refractivity contribution in [1.82, 2.24) is 4.90 Å². The van der Waals surface area contributed by atoms with Crippen LogP contribution in [0.4, 0.5) is 0 Å². The highest BCUT2D eigenvalue weighted by Crippen LogP contribution is 2.28. The van der Waals surface area contributed by atoms with Crippen LogP contribution in [-0.4, -0.2) is 33.7 Å². The van der Waals surface area contributed by atoms with E-state index < -0.39 is 5.97 Å². The average molecular weight is 284 g/mol. The molecule has 1 aliphatic rings. The van der Waals surface area contributed by atoms with Crippen LogP contribution in [0.2, 0.25) is 5.02 Å². The van der Waals surface area contributed by atoms with Crippen LogP contribution < -0.4 is 0 Å². The highest BCUT2D eigenvalue weighted by molar-refractivity contribution is 6.30. The lowest BCUT2D eigenvalue weighted by atomic mass is 10.1. The number of aliphatic carboxylic acids is 1. The molecule has 1 aliphatic carbocycles. The maximum atomic E-state index is 11.0. The summed E-state index contributed by atoms with van der Waals surface area (Å²) in [6.07, 6.45) is 4.33. The number of carboxylic acids is 1. The van der Waals surface area contributed by atoms with E-state index in [4.69, 9.17) is 16.7 Å². The Bertz CT molecular complexity index is 458. The lowest BCUT2D eigenvalue weighted by Gasteiger charge is -2.27. The van der Waals surface area contributed by atoms with E-state index in [1.807, 2.05) is 4.90 Å². The molecule has 0 bridgehead atoms. The Balaban J connectivity index is 2.14. The Kier molecular flexibility index (Phi) is 4.66. The Morgan fingerprint density at radius 1 is 1.37 bits per heavy atom. The first-order chi connectivity index (χ1) is 9.06. The van der Waals surface area contributed by atoms with Crippen molar-refractivity contribution >= 4 is 17.6 Å². The molecule has 0 unspecified atom stereocenters. The second kappa shape index (κ2) is 6.26. The standard InChI is InChI=1S/C14H18ClNO3/c15-11-5-6-13(17)10(7-11)8-16(9-14(18)19)12-3-1-2-4-12/h5-7,12,17H,1-4,8-9H2,(H,18,19). The molecular weight excluding hydrogens is 266 g/mol. The molecule has 19 heavy (non-hydrogen) atoms. The zero-order valence-electron chi connectivity index (χ0n) is 10.7. The summed E-state index contributed by atoms with van der Waals surface area (Å²) in [5.41, 5.74) is 0.681. The third-order valence-electron chi connectivity index (χ3n) is 3.59. The van der Waals surface area contributed by atoms with Gasteiger partial charge in [0.2, 0.25) is 0 Å². The molecule has 5 heteroatoms. The van der Waals surface area contributed by atoms with Gasteiger partial charge in [-0.3, -0.25) is 9.69 Å². The Morgan fingerprint density at radius 3 is 2.68 bits per heavy atom. The summed E-state index contributed by atoms with van der Waals surface area (Å²) in [5, 5.41) is 19.4. The Morgan fingerprint density at radius 2 is 2.05 bits per heavy atom. The number of phenolic OH excluding ortho intramolecular Hbond substituents is 1. The molecular formula is C14H18ClNO3. The van der Waals surface area contributed by atoms with Gasteiger partial charge >= 0.3 is 5.97 Å². The van der Waals surface area contributed by atoms with Gasteiger partial charge in [0.05, 0.1) is 6.54 Å². The van der Waals surface area contributed by atoms with E-state index >= 15 is 0 Å². The summed E-state index contributed by atoms with van der Waals surface area (Å²) >= 11 is 5.92.